The van der Waals surface area contributed by atoms with E-state index >= 15 is 0 Å². The maximum Gasteiger partial charge on any atom is 0.218 e. The van der Waals surface area contributed by atoms with Crippen LogP contribution in [-0.4, -0.2) is 20.9 Å². The molecule has 1 saturated carbocycles. The number of nitrogens with two attached hydrogens (primary N) is 2. The van der Waals surface area contributed by atoms with Crippen LogP contribution in [0, 0.1) is 17.5 Å². The highest BCUT2D eigenvalue weighted by atomic mass is 32.2. The van der Waals surface area contributed by atoms with E-state index in [1.807, 2.05) is 0 Å². The quantitative estimate of drug-likeness (QED) is 0.562. The maximum atomic E-state index is 14.1. The Balaban J connectivity index is 0.000000275. The number of H-pyrrole nitrogens is 1. The molecule has 1 unspecified atom stereocenters. The van der Waals surface area contributed by atoms with E-state index in [-0.39, 0.29) is 18.0 Å². The number of amides is 1. The number of fused-ring (bicyclic) bond motifs is 1. The van der Waals surface area contributed by atoms with Gasteiger partial charge in [-0.2, -0.15) is 0 Å². The number of hydrogen-bond acceptors (Lipinski definition) is 2. The first-order valence-electron chi connectivity index (χ1n) is 9.44. The first-order chi connectivity index (χ1) is 14.3. The average Bonchev–Trinajstić information content (AvgIpc) is 2.99. The highest BCUT2D eigenvalue weighted by Crippen LogP contribution is 2.45. The van der Waals surface area contributed by atoms with Gasteiger partial charge in [0.2, 0.25) is 5.91 Å². The summed E-state index contributed by atoms with van der Waals surface area (Å²) >= 11 is 0. The number of aromatic amines is 1. The van der Waals surface area contributed by atoms with Crippen molar-refractivity contribution in [3.05, 3.63) is 59.4 Å². The Bertz CT molecular complexity index is 1070. The Labute approximate surface area is 174 Å². The summed E-state index contributed by atoms with van der Waals surface area (Å²) in [6, 6.07) is 8.35. The summed E-state index contributed by atoms with van der Waals surface area (Å²) in [4.78, 5) is 13.0. The van der Waals surface area contributed by atoms with Gasteiger partial charge in [-0.05, 0) is 60.2 Å². The first kappa shape index (κ1) is 22.0. The van der Waals surface area contributed by atoms with Gasteiger partial charge in [0.25, 0.3) is 0 Å². The molecular formula is C21H22F3N3O2S. The molecule has 5 N–H and O–H groups in total. The van der Waals surface area contributed by atoms with E-state index < -0.39 is 28.5 Å². The summed E-state index contributed by atoms with van der Waals surface area (Å²) in [6.45, 7) is 0. The van der Waals surface area contributed by atoms with Crippen LogP contribution in [0.2, 0.25) is 0 Å². The van der Waals surface area contributed by atoms with Gasteiger partial charge in [0.05, 0.1) is 22.2 Å². The smallest absolute Gasteiger partial charge is 0.218 e. The number of rotatable bonds is 5. The fourth-order valence-corrected chi connectivity index (χ4v) is 3.81. The van der Waals surface area contributed by atoms with Crippen LogP contribution in [0.25, 0.3) is 22.2 Å². The zero-order chi connectivity index (χ0) is 21.8. The Morgan fingerprint density at radius 2 is 1.77 bits per heavy atom. The third kappa shape index (κ3) is 5.09. The molecule has 0 bridgehead atoms. The normalized spacial score (nSPS) is 14.7. The number of halogens is 3. The first-order valence-corrected chi connectivity index (χ1v) is 10.8. The fraction of sp³-hybridized carbons (Fsp3) is 0.286. The molecule has 3 aromatic rings. The lowest BCUT2D eigenvalue weighted by Gasteiger charge is -2.26. The van der Waals surface area contributed by atoms with Crippen LogP contribution >= 0.6 is 0 Å². The van der Waals surface area contributed by atoms with Gasteiger partial charge in [0.15, 0.2) is 0 Å². The van der Waals surface area contributed by atoms with Crippen LogP contribution in [0.3, 0.4) is 0 Å². The minimum Gasteiger partial charge on any atom is -0.370 e. The van der Waals surface area contributed by atoms with E-state index in [4.69, 9.17) is 10.9 Å². The van der Waals surface area contributed by atoms with Crippen molar-refractivity contribution in [3.8, 4) is 11.3 Å². The summed E-state index contributed by atoms with van der Waals surface area (Å²) < 4.78 is 50.9. The number of benzene rings is 2. The van der Waals surface area contributed by atoms with Crippen molar-refractivity contribution in [2.75, 3.05) is 5.75 Å². The van der Waals surface area contributed by atoms with Crippen LogP contribution in [-0.2, 0) is 15.8 Å². The third-order valence-electron chi connectivity index (χ3n) is 5.06. The molecule has 1 aromatic heterocycles. The maximum absolute atomic E-state index is 14.1. The van der Waals surface area contributed by atoms with E-state index in [0.717, 1.165) is 42.1 Å². The number of aromatic nitrogens is 1. The lowest BCUT2D eigenvalue weighted by atomic mass is 9.78. The molecule has 1 amide bonds. The summed E-state index contributed by atoms with van der Waals surface area (Å²) in [5, 5.41) is 5.40. The van der Waals surface area contributed by atoms with E-state index in [0.29, 0.717) is 16.8 Å². The molecule has 0 aliphatic heterocycles. The van der Waals surface area contributed by atoms with Gasteiger partial charge in [0.1, 0.15) is 17.5 Å². The van der Waals surface area contributed by atoms with Crippen LogP contribution in [0.15, 0.2) is 36.4 Å². The van der Waals surface area contributed by atoms with E-state index in [1.165, 1.54) is 18.2 Å². The summed E-state index contributed by atoms with van der Waals surface area (Å²) in [7, 11) is -1.39. The highest BCUT2D eigenvalue weighted by molar-refractivity contribution is 7.82. The SMILES string of the molecule is Fc1ccc(-c2[nH]c3c(F)cc(F)cc3c2C2CCC2)cc1.NC(=O)CCS(N)=O. The standard InChI is InChI=1S/C18H14F3N.C3H8N2O2S/c19-12-6-4-11(5-7-12)17-16(10-2-1-3-10)14-8-13(20)9-15(21)18(14)22-17;4-3(6)1-2-8(5)7/h4-10,22H,1-3H2;1-2,5H2,(H2,4,6). The third-order valence-corrected chi connectivity index (χ3v) is 5.67. The Morgan fingerprint density at radius 1 is 1.10 bits per heavy atom. The fourth-order valence-electron chi connectivity index (χ4n) is 3.41. The van der Waals surface area contributed by atoms with Crippen LogP contribution in [0.4, 0.5) is 13.2 Å². The zero-order valence-corrected chi connectivity index (χ0v) is 16.9. The van der Waals surface area contributed by atoms with Crippen molar-refractivity contribution in [1.82, 2.24) is 4.98 Å². The highest BCUT2D eigenvalue weighted by Gasteiger charge is 2.27. The van der Waals surface area contributed by atoms with Crippen LogP contribution < -0.4 is 10.9 Å². The lowest BCUT2D eigenvalue weighted by Crippen LogP contribution is -2.17. The summed E-state index contributed by atoms with van der Waals surface area (Å²) in [6.07, 6.45) is 3.25. The summed E-state index contributed by atoms with van der Waals surface area (Å²) in [5.41, 5.74) is 7.54. The van der Waals surface area contributed by atoms with Crippen molar-refractivity contribution in [1.29, 1.82) is 0 Å². The molecule has 1 aliphatic rings. The number of nitrogens with one attached hydrogen (secondary N) is 1. The Morgan fingerprint density at radius 3 is 2.27 bits per heavy atom. The van der Waals surface area contributed by atoms with Gasteiger partial charge < -0.3 is 10.7 Å². The van der Waals surface area contributed by atoms with Gasteiger partial charge in [-0.3, -0.25) is 9.93 Å². The van der Waals surface area contributed by atoms with Gasteiger partial charge in [-0.25, -0.2) is 17.4 Å². The predicted octanol–water partition coefficient (Wildman–Crippen LogP) is 4.00. The van der Waals surface area contributed by atoms with Gasteiger partial charge in [0, 0.05) is 23.6 Å². The lowest BCUT2D eigenvalue weighted by molar-refractivity contribution is -0.117. The van der Waals surface area contributed by atoms with Crippen molar-refractivity contribution < 1.29 is 22.2 Å². The molecule has 30 heavy (non-hydrogen) atoms. The average molecular weight is 437 g/mol. The molecule has 2 aromatic carbocycles. The van der Waals surface area contributed by atoms with E-state index in [9.17, 15) is 22.2 Å². The minimum absolute atomic E-state index is 0.100. The molecule has 1 heterocycles. The molecule has 0 radical (unpaired) electrons. The molecule has 9 heteroatoms. The molecule has 5 nitrogen and oxygen atoms in total. The second-order valence-corrected chi connectivity index (χ2v) is 8.33. The number of primary amides is 1. The molecule has 0 saturated heterocycles. The van der Waals surface area contributed by atoms with Crippen LogP contribution in [0.5, 0.6) is 0 Å². The number of carbonyl (C=O) groups is 1. The molecule has 1 aliphatic carbocycles. The Hall–Kier alpha value is -2.65. The van der Waals surface area contributed by atoms with Crippen molar-refractivity contribution in [2.45, 2.75) is 31.6 Å². The Kier molecular flexibility index (Phi) is 6.94. The number of carbonyl (C=O) groups excluding carboxylic acids is 1. The van der Waals surface area contributed by atoms with Gasteiger partial charge in [-0.15, -0.1) is 0 Å². The minimum atomic E-state index is -1.39. The monoisotopic (exact) mass is 437 g/mol. The second kappa shape index (κ2) is 9.44. The topological polar surface area (TPSA) is 102 Å². The van der Waals surface area contributed by atoms with Crippen LogP contribution in [0.1, 0.15) is 37.2 Å². The van der Waals surface area contributed by atoms with Crippen molar-refractivity contribution in [2.24, 2.45) is 10.9 Å². The van der Waals surface area contributed by atoms with Gasteiger partial charge in [-0.1, -0.05) is 6.42 Å². The molecule has 1 atom stereocenters. The number of hydrogen-bond donors (Lipinski definition) is 3. The molecule has 0 spiro atoms. The van der Waals surface area contributed by atoms with Crippen molar-refractivity contribution in [3.63, 3.8) is 0 Å². The zero-order valence-electron chi connectivity index (χ0n) is 16.1. The largest absolute Gasteiger partial charge is 0.370 e. The molecule has 1 fully saturated rings. The molecular weight excluding hydrogens is 415 g/mol. The molecule has 160 valence electrons. The van der Waals surface area contributed by atoms with Crippen molar-refractivity contribution >= 4 is 27.8 Å². The molecule has 4 rings (SSSR count). The van der Waals surface area contributed by atoms with Gasteiger partial charge >= 0.3 is 0 Å². The second-order valence-electron chi connectivity index (χ2n) is 7.16. The summed E-state index contributed by atoms with van der Waals surface area (Å²) in [5.74, 6) is -1.49. The van der Waals surface area contributed by atoms with E-state index in [1.54, 1.807) is 12.1 Å². The van der Waals surface area contributed by atoms with E-state index in [2.05, 4.69) is 4.98 Å². The predicted molar refractivity (Wildman–Crippen MR) is 111 cm³/mol.